The van der Waals surface area contributed by atoms with Crippen LogP contribution in [-0.2, 0) is 9.53 Å². The Hall–Kier alpha value is -2.64. The molecule has 0 atom stereocenters. The van der Waals surface area contributed by atoms with Crippen LogP contribution in [0.4, 0.5) is 16.2 Å². The maximum Gasteiger partial charge on any atom is 0.415 e. The van der Waals surface area contributed by atoms with Crippen LogP contribution in [0.15, 0.2) is 24.3 Å². The van der Waals surface area contributed by atoms with Crippen molar-refractivity contribution < 1.29 is 24.4 Å². The molecule has 0 bridgehead atoms. The molecule has 120 valence electrons. The molecule has 0 aromatic heterocycles. The van der Waals surface area contributed by atoms with Crippen LogP contribution in [0, 0.1) is 10.1 Å². The molecule has 1 rings (SSSR count). The lowest BCUT2D eigenvalue weighted by molar-refractivity contribution is -0.384. The second-order valence-electron chi connectivity index (χ2n) is 5.52. The van der Waals surface area contributed by atoms with E-state index in [1.165, 1.54) is 24.3 Å². The summed E-state index contributed by atoms with van der Waals surface area (Å²) in [5.41, 5.74) is -1.09. The molecule has 1 amide bonds. The van der Waals surface area contributed by atoms with Gasteiger partial charge in [0.15, 0.2) is 0 Å². The summed E-state index contributed by atoms with van der Waals surface area (Å²) in [6, 6.07) is 5.62. The van der Waals surface area contributed by atoms with Gasteiger partial charge >= 0.3 is 12.1 Å². The van der Waals surface area contributed by atoms with E-state index in [9.17, 15) is 19.7 Å². The fourth-order valence-corrected chi connectivity index (χ4v) is 1.68. The van der Waals surface area contributed by atoms with Gasteiger partial charge in [-0.15, -0.1) is 0 Å². The molecule has 1 aromatic rings. The number of hydrogen-bond donors (Lipinski definition) is 1. The number of carboxylic acids is 1. The molecule has 8 nitrogen and oxygen atoms in total. The summed E-state index contributed by atoms with van der Waals surface area (Å²) in [5.74, 6) is -1.12. The van der Waals surface area contributed by atoms with Crippen LogP contribution in [0.5, 0.6) is 0 Å². The molecule has 22 heavy (non-hydrogen) atoms. The lowest BCUT2D eigenvalue weighted by Gasteiger charge is -2.26. The van der Waals surface area contributed by atoms with Gasteiger partial charge in [0.25, 0.3) is 5.69 Å². The summed E-state index contributed by atoms with van der Waals surface area (Å²) >= 11 is 0. The molecule has 0 unspecified atom stereocenters. The Morgan fingerprint density at radius 1 is 1.32 bits per heavy atom. The van der Waals surface area contributed by atoms with Gasteiger partial charge in [0.1, 0.15) is 11.3 Å². The fourth-order valence-electron chi connectivity index (χ4n) is 1.68. The normalized spacial score (nSPS) is 10.9. The van der Waals surface area contributed by atoms with E-state index in [0.717, 1.165) is 4.90 Å². The van der Waals surface area contributed by atoms with E-state index in [1.54, 1.807) is 20.8 Å². The van der Waals surface area contributed by atoms with Gasteiger partial charge < -0.3 is 9.84 Å². The van der Waals surface area contributed by atoms with Gasteiger partial charge in [-0.1, -0.05) is 12.1 Å². The van der Waals surface area contributed by atoms with Gasteiger partial charge in [0, 0.05) is 12.6 Å². The first kappa shape index (κ1) is 17.4. The Bertz CT molecular complexity index is 579. The minimum absolute atomic E-state index is 0.00278. The summed E-state index contributed by atoms with van der Waals surface area (Å²) < 4.78 is 5.19. The van der Waals surface area contributed by atoms with Gasteiger partial charge in [-0.3, -0.25) is 19.8 Å². The van der Waals surface area contributed by atoms with Crippen molar-refractivity contribution >= 4 is 23.4 Å². The summed E-state index contributed by atoms with van der Waals surface area (Å²) in [7, 11) is 0. The molecule has 0 aliphatic carbocycles. The van der Waals surface area contributed by atoms with Crippen molar-refractivity contribution in [3.8, 4) is 0 Å². The predicted molar refractivity (Wildman–Crippen MR) is 78.9 cm³/mol. The van der Waals surface area contributed by atoms with Gasteiger partial charge in [0.05, 0.1) is 11.3 Å². The fraction of sp³-hybridized carbons (Fsp3) is 0.429. The zero-order valence-corrected chi connectivity index (χ0v) is 12.6. The second kappa shape index (κ2) is 6.88. The van der Waals surface area contributed by atoms with Crippen LogP contribution >= 0.6 is 0 Å². The van der Waals surface area contributed by atoms with Gasteiger partial charge in [-0.2, -0.15) is 0 Å². The Morgan fingerprint density at radius 3 is 2.41 bits per heavy atom. The average Bonchev–Trinajstić information content (AvgIpc) is 2.36. The maximum atomic E-state index is 12.2. The van der Waals surface area contributed by atoms with Crippen molar-refractivity contribution in [2.75, 3.05) is 11.4 Å². The minimum atomic E-state index is -1.12. The average molecular weight is 310 g/mol. The molecule has 0 saturated carbocycles. The molecule has 0 spiro atoms. The van der Waals surface area contributed by atoms with Crippen LogP contribution in [0.25, 0.3) is 0 Å². The van der Waals surface area contributed by atoms with Crippen molar-refractivity contribution in [1.82, 2.24) is 0 Å². The minimum Gasteiger partial charge on any atom is -0.481 e. The van der Waals surface area contributed by atoms with Crippen molar-refractivity contribution in [1.29, 1.82) is 0 Å². The number of para-hydroxylation sites is 2. The van der Waals surface area contributed by atoms with Gasteiger partial charge in [-0.05, 0) is 26.8 Å². The van der Waals surface area contributed by atoms with Crippen molar-refractivity contribution in [2.24, 2.45) is 0 Å². The topological polar surface area (TPSA) is 110 Å². The third-order valence-corrected chi connectivity index (χ3v) is 2.53. The summed E-state index contributed by atoms with van der Waals surface area (Å²) in [6.45, 7) is 4.73. The Balaban J connectivity index is 3.17. The van der Waals surface area contributed by atoms with Crippen molar-refractivity contribution in [3.05, 3.63) is 34.4 Å². The Morgan fingerprint density at radius 2 is 1.91 bits per heavy atom. The number of aliphatic carboxylic acids is 1. The first-order valence-corrected chi connectivity index (χ1v) is 6.57. The van der Waals surface area contributed by atoms with E-state index < -0.39 is 22.6 Å². The first-order valence-electron chi connectivity index (χ1n) is 6.57. The number of carboxylic acid groups (broad SMARTS) is 1. The maximum absolute atomic E-state index is 12.2. The van der Waals surface area contributed by atoms with Crippen LogP contribution in [0.1, 0.15) is 27.2 Å². The number of rotatable bonds is 5. The first-order chi connectivity index (χ1) is 10.1. The van der Waals surface area contributed by atoms with E-state index in [2.05, 4.69) is 0 Å². The van der Waals surface area contributed by atoms with E-state index in [0.29, 0.717) is 0 Å². The van der Waals surface area contributed by atoms with E-state index in [1.807, 2.05) is 0 Å². The number of carbonyl (C=O) groups is 2. The van der Waals surface area contributed by atoms with Crippen LogP contribution in [-0.4, -0.2) is 34.2 Å². The molecule has 1 N–H and O–H groups in total. The highest BCUT2D eigenvalue weighted by molar-refractivity contribution is 5.91. The molecule has 0 aliphatic rings. The number of nitro groups is 1. The predicted octanol–water partition coefficient (Wildman–Crippen LogP) is 2.81. The molecule has 8 heteroatoms. The number of hydrogen-bond acceptors (Lipinski definition) is 5. The summed E-state index contributed by atoms with van der Waals surface area (Å²) in [4.78, 5) is 34.4. The van der Waals surface area contributed by atoms with Crippen molar-refractivity contribution in [3.63, 3.8) is 0 Å². The molecule has 0 saturated heterocycles. The van der Waals surface area contributed by atoms with Crippen LogP contribution in [0.2, 0.25) is 0 Å². The SMILES string of the molecule is CC(C)(C)OC(=O)N(CCC(=O)O)c1ccccc1[N+](=O)[O-]. The molecule has 0 radical (unpaired) electrons. The number of nitro benzene ring substituents is 1. The molecule has 0 heterocycles. The molecular weight excluding hydrogens is 292 g/mol. The zero-order valence-electron chi connectivity index (χ0n) is 12.6. The third-order valence-electron chi connectivity index (χ3n) is 2.53. The number of anilines is 1. The number of nitrogens with zero attached hydrogens (tertiary/aromatic N) is 2. The second-order valence-corrected chi connectivity index (χ2v) is 5.52. The smallest absolute Gasteiger partial charge is 0.415 e. The number of benzene rings is 1. The number of carbonyl (C=O) groups excluding carboxylic acids is 1. The molecular formula is C14H18N2O6. The molecule has 1 aromatic carbocycles. The standard InChI is InChI=1S/C14H18N2O6/c1-14(2,3)22-13(19)15(9-8-12(17)18)10-6-4-5-7-11(10)16(20)21/h4-7H,8-9H2,1-3H3,(H,17,18). The molecule has 0 fully saturated rings. The monoisotopic (exact) mass is 310 g/mol. The highest BCUT2D eigenvalue weighted by Crippen LogP contribution is 2.29. The van der Waals surface area contributed by atoms with Crippen molar-refractivity contribution in [2.45, 2.75) is 32.8 Å². The van der Waals surface area contributed by atoms with E-state index in [4.69, 9.17) is 9.84 Å². The Labute approximate surface area is 127 Å². The van der Waals surface area contributed by atoms with E-state index >= 15 is 0 Å². The van der Waals surface area contributed by atoms with Gasteiger partial charge in [0.2, 0.25) is 0 Å². The lowest BCUT2D eigenvalue weighted by Crippen LogP contribution is -2.38. The van der Waals surface area contributed by atoms with E-state index in [-0.39, 0.29) is 24.3 Å². The largest absolute Gasteiger partial charge is 0.481 e. The Kier molecular flexibility index (Phi) is 5.44. The number of amides is 1. The highest BCUT2D eigenvalue weighted by Gasteiger charge is 2.28. The lowest BCUT2D eigenvalue weighted by atomic mass is 10.2. The van der Waals surface area contributed by atoms with Crippen LogP contribution < -0.4 is 4.90 Å². The molecule has 0 aliphatic heterocycles. The third kappa shape index (κ3) is 5.04. The zero-order chi connectivity index (χ0) is 16.9. The van der Waals surface area contributed by atoms with Crippen LogP contribution in [0.3, 0.4) is 0 Å². The highest BCUT2D eigenvalue weighted by atomic mass is 16.6. The number of ether oxygens (including phenoxy) is 1. The summed E-state index contributed by atoms with van der Waals surface area (Å²) in [6.07, 6.45) is -1.19. The van der Waals surface area contributed by atoms with Gasteiger partial charge in [-0.25, -0.2) is 4.79 Å². The quantitative estimate of drug-likeness (QED) is 0.661. The summed E-state index contributed by atoms with van der Waals surface area (Å²) in [5, 5.41) is 19.9.